The summed E-state index contributed by atoms with van der Waals surface area (Å²) in [7, 11) is 0. The van der Waals surface area contributed by atoms with E-state index in [-0.39, 0.29) is 6.10 Å². The van der Waals surface area contributed by atoms with Gasteiger partial charge in [0.05, 0.1) is 6.10 Å². The largest absolute Gasteiger partial charge is 0.481 e. The Kier molecular flexibility index (Phi) is 14.9. The second-order valence-electron chi connectivity index (χ2n) is 5.91. The van der Waals surface area contributed by atoms with E-state index in [0.29, 0.717) is 6.42 Å². The molecule has 0 heterocycles. The molecule has 0 fully saturated rings. The highest BCUT2D eigenvalue weighted by atomic mass is 16.4. The lowest BCUT2D eigenvalue weighted by atomic mass is 10.1. The monoisotopic (exact) mass is 298 g/mol. The van der Waals surface area contributed by atoms with Gasteiger partial charge in [0.25, 0.3) is 0 Å². The Balaban J connectivity index is 3.26. The van der Waals surface area contributed by atoms with E-state index in [1.165, 1.54) is 25.7 Å². The topological polar surface area (TPSA) is 57.5 Å². The molecule has 0 aromatic rings. The number of allylic oxidation sites excluding steroid dienone is 1. The van der Waals surface area contributed by atoms with E-state index < -0.39 is 5.97 Å². The van der Waals surface area contributed by atoms with Crippen molar-refractivity contribution in [2.75, 3.05) is 0 Å². The van der Waals surface area contributed by atoms with E-state index in [1.807, 2.05) is 0 Å². The van der Waals surface area contributed by atoms with Gasteiger partial charge < -0.3 is 10.2 Å². The zero-order valence-electron chi connectivity index (χ0n) is 13.7. The van der Waals surface area contributed by atoms with Crippen LogP contribution in [0.2, 0.25) is 0 Å². The second kappa shape index (κ2) is 15.6. The van der Waals surface area contributed by atoms with Crippen LogP contribution in [0.3, 0.4) is 0 Å². The number of aliphatic hydroxyl groups is 1. The van der Waals surface area contributed by atoms with Crippen LogP contribution in [0, 0.1) is 0 Å². The molecule has 21 heavy (non-hydrogen) atoms. The molecular formula is C18H34O3. The quantitative estimate of drug-likeness (QED) is 0.327. The number of unbranched alkanes of at least 4 members (excludes halogenated alkanes) is 8. The van der Waals surface area contributed by atoms with Crippen LogP contribution in [0.4, 0.5) is 0 Å². The van der Waals surface area contributed by atoms with Crippen LogP contribution in [0.1, 0.15) is 90.4 Å². The lowest BCUT2D eigenvalue weighted by molar-refractivity contribution is -0.137. The predicted molar refractivity (Wildman–Crippen MR) is 88.5 cm³/mol. The Morgan fingerprint density at radius 2 is 1.62 bits per heavy atom. The van der Waals surface area contributed by atoms with Crippen LogP contribution in [-0.2, 0) is 4.79 Å². The fourth-order valence-electron chi connectivity index (χ4n) is 2.36. The van der Waals surface area contributed by atoms with E-state index in [2.05, 4.69) is 19.1 Å². The summed E-state index contributed by atoms with van der Waals surface area (Å²) >= 11 is 0. The Labute approximate surface area is 130 Å². The van der Waals surface area contributed by atoms with Gasteiger partial charge in [-0.15, -0.1) is 0 Å². The number of carboxylic acids is 1. The lowest BCUT2D eigenvalue weighted by Gasteiger charge is -2.07. The van der Waals surface area contributed by atoms with Crippen molar-refractivity contribution in [1.29, 1.82) is 0 Å². The summed E-state index contributed by atoms with van der Waals surface area (Å²) in [6.45, 7) is 2.20. The average molecular weight is 298 g/mol. The third-order valence-electron chi connectivity index (χ3n) is 3.73. The van der Waals surface area contributed by atoms with Gasteiger partial charge >= 0.3 is 5.97 Å². The van der Waals surface area contributed by atoms with Gasteiger partial charge in [0.1, 0.15) is 0 Å². The van der Waals surface area contributed by atoms with Gasteiger partial charge in [0, 0.05) is 6.42 Å². The van der Waals surface area contributed by atoms with E-state index in [1.54, 1.807) is 0 Å². The van der Waals surface area contributed by atoms with Crippen LogP contribution in [0.15, 0.2) is 12.2 Å². The third kappa shape index (κ3) is 17.1. The molecule has 0 unspecified atom stereocenters. The van der Waals surface area contributed by atoms with Crippen LogP contribution in [0.25, 0.3) is 0 Å². The maximum absolute atomic E-state index is 10.3. The highest BCUT2D eigenvalue weighted by Crippen LogP contribution is 2.10. The van der Waals surface area contributed by atoms with Crippen molar-refractivity contribution in [3.05, 3.63) is 12.2 Å². The first-order chi connectivity index (χ1) is 10.2. The van der Waals surface area contributed by atoms with Crippen LogP contribution < -0.4 is 0 Å². The zero-order chi connectivity index (χ0) is 15.8. The summed E-state index contributed by atoms with van der Waals surface area (Å²) in [6.07, 6.45) is 17.4. The number of aliphatic hydroxyl groups excluding tert-OH is 1. The SMILES string of the molecule is CCCCCC[C@@H](O)CC=CCCCCCCCC(=O)O. The molecule has 0 spiro atoms. The molecule has 0 rings (SSSR count). The number of carbonyl (C=O) groups is 1. The first-order valence-corrected chi connectivity index (χ1v) is 8.71. The van der Waals surface area contributed by atoms with Crippen LogP contribution in [-0.4, -0.2) is 22.3 Å². The van der Waals surface area contributed by atoms with E-state index in [4.69, 9.17) is 5.11 Å². The molecule has 0 saturated heterocycles. The first kappa shape index (κ1) is 20.2. The summed E-state index contributed by atoms with van der Waals surface area (Å²) in [5.74, 6) is -0.689. The number of rotatable bonds is 15. The molecular weight excluding hydrogens is 264 g/mol. The smallest absolute Gasteiger partial charge is 0.303 e. The zero-order valence-corrected chi connectivity index (χ0v) is 13.7. The highest BCUT2D eigenvalue weighted by molar-refractivity contribution is 5.66. The summed E-state index contributed by atoms with van der Waals surface area (Å²) in [5, 5.41) is 18.3. The van der Waals surface area contributed by atoms with E-state index in [9.17, 15) is 9.90 Å². The standard InChI is InChI=1S/C18H34O3/c1-2-3-4-11-14-17(19)15-12-9-7-5-6-8-10-13-16-18(20)21/h9,12,17,19H,2-8,10-11,13-16H2,1H3,(H,20,21)/t17-/m1/s1. The normalized spacial score (nSPS) is 12.9. The van der Waals surface area contributed by atoms with Gasteiger partial charge in [0.2, 0.25) is 0 Å². The van der Waals surface area contributed by atoms with Crippen molar-refractivity contribution in [3.63, 3.8) is 0 Å². The van der Waals surface area contributed by atoms with Crippen molar-refractivity contribution in [2.24, 2.45) is 0 Å². The Morgan fingerprint density at radius 3 is 2.33 bits per heavy atom. The fourth-order valence-corrected chi connectivity index (χ4v) is 2.36. The number of hydrogen-bond acceptors (Lipinski definition) is 2. The summed E-state index contributed by atoms with van der Waals surface area (Å²) in [6, 6.07) is 0. The minimum absolute atomic E-state index is 0.172. The third-order valence-corrected chi connectivity index (χ3v) is 3.73. The Bertz CT molecular complexity index is 261. The van der Waals surface area contributed by atoms with Gasteiger partial charge in [-0.2, -0.15) is 0 Å². The molecule has 1 atom stereocenters. The lowest BCUT2D eigenvalue weighted by Crippen LogP contribution is -2.04. The van der Waals surface area contributed by atoms with E-state index >= 15 is 0 Å². The molecule has 0 aliphatic heterocycles. The number of aliphatic carboxylic acids is 1. The molecule has 0 aliphatic carbocycles. The van der Waals surface area contributed by atoms with Crippen molar-refractivity contribution in [2.45, 2.75) is 96.5 Å². The van der Waals surface area contributed by atoms with Gasteiger partial charge in [0.15, 0.2) is 0 Å². The average Bonchev–Trinajstić information content (AvgIpc) is 2.45. The van der Waals surface area contributed by atoms with Crippen molar-refractivity contribution in [3.8, 4) is 0 Å². The van der Waals surface area contributed by atoms with Crippen LogP contribution >= 0.6 is 0 Å². The molecule has 3 nitrogen and oxygen atoms in total. The molecule has 3 heteroatoms. The van der Waals surface area contributed by atoms with Gasteiger partial charge in [-0.3, -0.25) is 4.79 Å². The van der Waals surface area contributed by atoms with E-state index in [0.717, 1.165) is 51.4 Å². The maximum Gasteiger partial charge on any atom is 0.303 e. The summed E-state index contributed by atoms with van der Waals surface area (Å²) in [5.41, 5.74) is 0. The Hall–Kier alpha value is -0.830. The van der Waals surface area contributed by atoms with Crippen molar-refractivity contribution in [1.82, 2.24) is 0 Å². The predicted octanol–water partition coefficient (Wildman–Crippen LogP) is 5.08. The summed E-state index contributed by atoms with van der Waals surface area (Å²) in [4.78, 5) is 10.3. The molecule has 0 bridgehead atoms. The van der Waals surface area contributed by atoms with Crippen LogP contribution in [0.5, 0.6) is 0 Å². The molecule has 2 N–H and O–H groups in total. The molecule has 0 aromatic carbocycles. The molecule has 0 aromatic heterocycles. The van der Waals surface area contributed by atoms with Crippen molar-refractivity contribution >= 4 is 5.97 Å². The number of carboxylic acid groups (broad SMARTS) is 1. The van der Waals surface area contributed by atoms with Gasteiger partial charge in [-0.1, -0.05) is 64.0 Å². The highest BCUT2D eigenvalue weighted by Gasteiger charge is 2.00. The summed E-state index contributed by atoms with van der Waals surface area (Å²) < 4.78 is 0. The molecule has 0 saturated carbocycles. The van der Waals surface area contributed by atoms with Crippen molar-refractivity contribution < 1.29 is 15.0 Å². The second-order valence-corrected chi connectivity index (χ2v) is 5.91. The maximum atomic E-state index is 10.3. The minimum atomic E-state index is -0.689. The molecule has 0 aliphatic rings. The Morgan fingerprint density at radius 1 is 0.952 bits per heavy atom. The molecule has 0 amide bonds. The fraction of sp³-hybridized carbons (Fsp3) is 0.833. The first-order valence-electron chi connectivity index (χ1n) is 8.71. The molecule has 0 radical (unpaired) electrons. The van der Waals surface area contributed by atoms with Gasteiger partial charge in [-0.05, 0) is 32.1 Å². The van der Waals surface area contributed by atoms with Gasteiger partial charge in [-0.25, -0.2) is 0 Å². The number of hydrogen-bond donors (Lipinski definition) is 2. The minimum Gasteiger partial charge on any atom is -0.481 e. The molecule has 124 valence electrons.